The summed E-state index contributed by atoms with van der Waals surface area (Å²) in [6.07, 6.45) is 4.64. The number of halogens is 1. The number of aromatic nitrogens is 7. The topological polar surface area (TPSA) is 143 Å². The highest BCUT2D eigenvalue weighted by Crippen LogP contribution is 2.33. The summed E-state index contributed by atoms with van der Waals surface area (Å²) in [6, 6.07) is 11.8. The Morgan fingerprint density at radius 1 is 1.16 bits per heavy atom. The first-order chi connectivity index (χ1) is 18.5. The highest BCUT2D eigenvalue weighted by molar-refractivity contribution is 5.98. The van der Waals surface area contributed by atoms with Crippen LogP contribution in [0.2, 0.25) is 0 Å². The molecular weight excluding hydrogens is 489 g/mol. The fourth-order valence-corrected chi connectivity index (χ4v) is 4.71. The van der Waals surface area contributed by atoms with E-state index in [1.807, 2.05) is 18.2 Å². The van der Waals surface area contributed by atoms with Crippen LogP contribution in [0.25, 0.3) is 17.2 Å². The van der Waals surface area contributed by atoms with E-state index in [0.29, 0.717) is 11.4 Å². The van der Waals surface area contributed by atoms with E-state index in [-0.39, 0.29) is 35.6 Å². The molecule has 190 valence electrons. The van der Waals surface area contributed by atoms with Gasteiger partial charge in [-0.25, -0.2) is 14.4 Å². The summed E-state index contributed by atoms with van der Waals surface area (Å²) in [6.45, 7) is 1.86. The van der Waals surface area contributed by atoms with E-state index in [2.05, 4.69) is 41.2 Å². The van der Waals surface area contributed by atoms with E-state index in [9.17, 15) is 14.0 Å². The number of carbonyl (C=O) groups is 2. The molecule has 0 bridgehead atoms. The van der Waals surface area contributed by atoms with Gasteiger partial charge in [0, 0.05) is 24.5 Å². The Kier molecular flexibility index (Phi) is 5.83. The third-order valence-electron chi connectivity index (χ3n) is 6.64. The smallest absolute Gasteiger partial charge is 0.270 e. The van der Waals surface area contributed by atoms with Crippen LogP contribution in [0.15, 0.2) is 54.9 Å². The molecule has 0 radical (unpaired) electrons. The molecule has 12 heteroatoms. The lowest BCUT2D eigenvalue weighted by Crippen LogP contribution is -2.30. The first kappa shape index (κ1) is 23.4. The zero-order chi connectivity index (χ0) is 26.2. The minimum Gasteiger partial charge on any atom is -0.347 e. The number of rotatable bonds is 6. The minimum absolute atomic E-state index is 0.0864. The number of nitrogens with one attached hydrogen (secondary N) is 3. The van der Waals surface area contributed by atoms with E-state index >= 15 is 0 Å². The number of amides is 2. The third kappa shape index (κ3) is 4.36. The van der Waals surface area contributed by atoms with Crippen LogP contribution in [0.4, 0.5) is 4.39 Å². The summed E-state index contributed by atoms with van der Waals surface area (Å²) >= 11 is 0. The van der Waals surface area contributed by atoms with Gasteiger partial charge in [0.05, 0.1) is 6.04 Å². The molecule has 0 aliphatic heterocycles. The lowest BCUT2D eigenvalue weighted by Gasteiger charge is -2.15. The van der Waals surface area contributed by atoms with Crippen molar-refractivity contribution in [3.05, 3.63) is 94.3 Å². The van der Waals surface area contributed by atoms with Crippen LogP contribution in [-0.2, 0) is 13.0 Å². The molecule has 3 heterocycles. The largest absolute Gasteiger partial charge is 0.347 e. The second-order valence-corrected chi connectivity index (χ2v) is 9.10. The molecule has 1 aliphatic rings. The van der Waals surface area contributed by atoms with Crippen molar-refractivity contribution in [1.29, 1.82) is 0 Å². The number of benzene rings is 2. The number of H-pyrrole nitrogens is 1. The van der Waals surface area contributed by atoms with Gasteiger partial charge in [-0.15, -0.1) is 10.2 Å². The van der Waals surface area contributed by atoms with Gasteiger partial charge in [-0.3, -0.25) is 14.0 Å². The van der Waals surface area contributed by atoms with Gasteiger partial charge in [0.15, 0.2) is 0 Å². The number of aromatic amines is 1. The van der Waals surface area contributed by atoms with Crippen LogP contribution >= 0.6 is 0 Å². The Bertz CT molecular complexity index is 1680. The molecule has 6 rings (SSSR count). The summed E-state index contributed by atoms with van der Waals surface area (Å²) in [7, 11) is 0. The molecule has 5 aromatic rings. The molecular formula is C26H22FN9O2. The number of carbonyl (C=O) groups excluding carboxylic acids is 2. The van der Waals surface area contributed by atoms with Gasteiger partial charge in [-0.05, 0) is 65.4 Å². The first-order valence-electron chi connectivity index (χ1n) is 12.0. The Hall–Kier alpha value is -5.00. The summed E-state index contributed by atoms with van der Waals surface area (Å²) in [5.41, 5.74) is 4.52. The van der Waals surface area contributed by atoms with Gasteiger partial charge in [-0.1, -0.05) is 24.3 Å². The van der Waals surface area contributed by atoms with Crippen LogP contribution in [-0.4, -0.2) is 46.8 Å². The zero-order valence-corrected chi connectivity index (χ0v) is 20.3. The van der Waals surface area contributed by atoms with Crippen LogP contribution in [0.3, 0.4) is 0 Å². The second-order valence-electron chi connectivity index (χ2n) is 9.10. The van der Waals surface area contributed by atoms with Crippen molar-refractivity contribution in [2.75, 3.05) is 0 Å². The van der Waals surface area contributed by atoms with Crippen molar-refractivity contribution in [3.8, 4) is 11.4 Å². The van der Waals surface area contributed by atoms with Crippen molar-refractivity contribution in [3.63, 3.8) is 0 Å². The second kappa shape index (κ2) is 9.47. The number of aryl methyl sites for hydroxylation is 2. The van der Waals surface area contributed by atoms with Crippen molar-refractivity contribution in [2.45, 2.75) is 32.4 Å². The van der Waals surface area contributed by atoms with Crippen LogP contribution < -0.4 is 10.6 Å². The first-order valence-corrected chi connectivity index (χ1v) is 12.0. The molecule has 0 spiro atoms. The molecule has 0 fully saturated rings. The molecule has 38 heavy (non-hydrogen) atoms. The molecule has 11 nitrogen and oxygen atoms in total. The number of hydrogen-bond acceptors (Lipinski definition) is 7. The normalized spacial score (nSPS) is 14.4. The summed E-state index contributed by atoms with van der Waals surface area (Å²) in [5, 5.41) is 20.0. The maximum Gasteiger partial charge on any atom is 0.270 e. The average Bonchev–Trinajstić information content (AvgIpc) is 3.69. The van der Waals surface area contributed by atoms with E-state index in [1.165, 1.54) is 22.7 Å². The fraction of sp³-hybridized carbons (Fsp3) is 0.192. The Labute approximate surface area is 215 Å². The van der Waals surface area contributed by atoms with Gasteiger partial charge in [0.1, 0.15) is 17.2 Å². The quantitative estimate of drug-likeness (QED) is 0.318. The van der Waals surface area contributed by atoms with Crippen molar-refractivity contribution in [1.82, 2.24) is 45.6 Å². The van der Waals surface area contributed by atoms with Gasteiger partial charge < -0.3 is 10.6 Å². The van der Waals surface area contributed by atoms with Gasteiger partial charge in [0.25, 0.3) is 11.8 Å². The van der Waals surface area contributed by atoms with Crippen molar-refractivity contribution >= 4 is 17.6 Å². The Morgan fingerprint density at radius 3 is 2.87 bits per heavy atom. The molecule has 0 saturated carbocycles. The number of imidazole rings is 1. The van der Waals surface area contributed by atoms with Crippen LogP contribution in [0, 0.1) is 12.7 Å². The van der Waals surface area contributed by atoms with Crippen molar-refractivity contribution in [2.24, 2.45) is 0 Å². The molecule has 3 aromatic heterocycles. The number of fused-ring (bicyclic) bond motifs is 2. The average molecular weight is 512 g/mol. The molecule has 1 atom stereocenters. The Morgan fingerprint density at radius 2 is 2.05 bits per heavy atom. The van der Waals surface area contributed by atoms with E-state index in [0.717, 1.165) is 35.1 Å². The highest BCUT2D eigenvalue weighted by Gasteiger charge is 2.26. The molecule has 0 saturated heterocycles. The number of tetrazole rings is 1. The van der Waals surface area contributed by atoms with E-state index in [4.69, 9.17) is 0 Å². The lowest BCUT2D eigenvalue weighted by molar-refractivity contribution is 0.0931. The van der Waals surface area contributed by atoms with Crippen molar-refractivity contribution < 1.29 is 14.0 Å². The SMILES string of the molecule is Cc1cc(CNC(=O)c2cc(C(=O)N[C@H]3CCc4cc(-c5nn[nH]n5)ccc43)nc3nccn23)ccc1F. The van der Waals surface area contributed by atoms with Gasteiger partial charge >= 0.3 is 0 Å². The fourth-order valence-electron chi connectivity index (χ4n) is 4.71. The standard InChI is InChI=1S/C26H22FN9O2/c1-14-10-15(2-6-19(14)27)13-29-25(38)22-12-21(31-26-28-8-9-36(22)26)24(37)30-20-7-4-16-11-17(3-5-18(16)20)23-32-34-35-33-23/h2-3,5-6,8-12,20H,4,7,13H2,1H3,(H,29,38)(H,30,37)(H,32,33,34,35)/t20-/m0/s1. The lowest BCUT2D eigenvalue weighted by atomic mass is 10.0. The maximum atomic E-state index is 13.6. The van der Waals surface area contributed by atoms with Crippen LogP contribution in [0.1, 0.15) is 55.7 Å². The molecule has 2 aromatic carbocycles. The predicted molar refractivity (Wildman–Crippen MR) is 133 cm³/mol. The zero-order valence-electron chi connectivity index (χ0n) is 20.3. The molecule has 0 unspecified atom stereocenters. The summed E-state index contributed by atoms with van der Waals surface area (Å²) < 4.78 is 15.1. The number of nitrogens with zero attached hydrogens (tertiary/aromatic N) is 6. The monoisotopic (exact) mass is 511 g/mol. The Balaban J connectivity index is 1.21. The molecule has 2 amide bonds. The predicted octanol–water partition coefficient (Wildman–Crippen LogP) is 2.70. The summed E-state index contributed by atoms with van der Waals surface area (Å²) in [4.78, 5) is 34.9. The molecule has 3 N–H and O–H groups in total. The van der Waals surface area contributed by atoms with E-state index in [1.54, 1.807) is 25.3 Å². The maximum absolute atomic E-state index is 13.6. The summed E-state index contributed by atoms with van der Waals surface area (Å²) in [5.74, 6) is -0.373. The minimum atomic E-state index is -0.411. The van der Waals surface area contributed by atoms with Gasteiger partial charge in [-0.2, -0.15) is 5.21 Å². The van der Waals surface area contributed by atoms with Crippen LogP contribution in [0.5, 0.6) is 0 Å². The molecule has 1 aliphatic carbocycles. The van der Waals surface area contributed by atoms with E-state index < -0.39 is 11.8 Å². The third-order valence-corrected chi connectivity index (χ3v) is 6.64. The van der Waals surface area contributed by atoms with Gasteiger partial charge in [0.2, 0.25) is 11.6 Å². The highest BCUT2D eigenvalue weighted by atomic mass is 19.1. The number of hydrogen-bond donors (Lipinski definition) is 3.